The monoisotopic (exact) mass is 473 g/mol. The molecule has 0 saturated heterocycles. The molecule has 0 spiro atoms. The van der Waals surface area contributed by atoms with E-state index in [4.69, 9.17) is 4.74 Å². The van der Waals surface area contributed by atoms with Crippen LogP contribution in [0.4, 0.5) is 10.5 Å². The maximum absolute atomic E-state index is 12.7. The van der Waals surface area contributed by atoms with E-state index in [0.29, 0.717) is 12.8 Å². The van der Waals surface area contributed by atoms with Gasteiger partial charge in [0.1, 0.15) is 5.60 Å². The fourth-order valence-electron chi connectivity index (χ4n) is 3.44. The highest BCUT2D eigenvalue weighted by Crippen LogP contribution is 2.33. The maximum atomic E-state index is 12.7. The molecule has 0 aliphatic carbocycles. The van der Waals surface area contributed by atoms with E-state index < -0.39 is 11.7 Å². The van der Waals surface area contributed by atoms with E-state index in [9.17, 15) is 9.59 Å². The molecule has 1 aromatic heterocycles. The predicted octanol–water partition coefficient (Wildman–Crippen LogP) is 5.84. The lowest BCUT2D eigenvalue weighted by molar-refractivity contribution is -0.119. The van der Waals surface area contributed by atoms with Crippen molar-refractivity contribution in [3.05, 3.63) is 46.7 Å². The molecule has 1 aliphatic heterocycles. The van der Waals surface area contributed by atoms with Gasteiger partial charge in [0.25, 0.3) is 0 Å². The second kappa shape index (κ2) is 9.16. The maximum Gasteiger partial charge on any atom is 0.408 e. The number of amides is 2. The van der Waals surface area contributed by atoms with E-state index in [1.165, 1.54) is 0 Å². The molecule has 3 rings (SSSR count). The van der Waals surface area contributed by atoms with Crippen molar-refractivity contribution in [2.45, 2.75) is 58.6 Å². The van der Waals surface area contributed by atoms with Crippen LogP contribution in [0.1, 0.15) is 58.7 Å². The molecule has 0 saturated carbocycles. The van der Waals surface area contributed by atoms with Gasteiger partial charge in [0.05, 0.1) is 11.7 Å². The summed E-state index contributed by atoms with van der Waals surface area (Å²) in [7, 11) is 0. The summed E-state index contributed by atoms with van der Waals surface area (Å²) in [6, 6.07) is 9.38. The van der Waals surface area contributed by atoms with E-state index in [2.05, 4.69) is 31.5 Å². The van der Waals surface area contributed by atoms with E-state index in [1.807, 2.05) is 58.0 Å². The molecule has 0 unspecified atom stereocenters. The van der Waals surface area contributed by atoms with Gasteiger partial charge in [-0.05, 0) is 63.4 Å². The summed E-state index contributed by atoms with van der Waals surface area (Å²) in [5, 5.41) is 6.03. The number of alkyl carbamates (subject to hydrolysis) is 1. The predicted molar refractivity (Wildman–Crippen MR) is 121 cm³/mol. The zero-order chi connectivity index (χ0) is 21.9. The summed E-state index contributed by atoms with van der Waals surface area (Å²) in [4.78, 5) is 29.7. The molecular weight excluding hydrogens is 446 g/mol. The SMILES string of the molecule is C[C@@H]1CCC[C@H](NC(=O)OC(C)(C)C)c2cc(ccn2)-c2ccc(Br)cc2NC1=O. The Morgan fingerprint density at radius 2 is 2.00 bits per heavy atom. The van der Waals surface area contributed by atoms with Crippen molar-refractivity contribution in [1.29, 1.82) is 0 Å². The highest BCUT2D eigenvalue weighted by atomic mass is 79.9. The third kappa shape index (κ3) is 5.81. The minimum absolute atomic E-state index is 0.0131. The molecule has 2 atom stereocenters. The van der Waals surface area contributed by atoms with Gasteiger partial charge in [0.2, 0.25) is 5.91 Å². The average molecular weight is 474 g/mol. The van der Waals surface area contributed by atoms with Crippen molar-refractivity contribution in [1.82, 2.24) is 10.3 Å². The number of nitrogens with one attached hydrogen (secondary N) is 2. The summed E-state index contributed by atoms with van der Waals surface area (Å²) in [6.45, 7) is 7.43. The quantitative estimate of drug-likeness (QED) is 0.545. The first-order chi connectivity index (χ1) is 14.1. The van der Waals surface area contributed by atoms with Crippen molar-refractivity contribution >= 4 is 33.6 Å². The van der Waals surface area contributed by atoms with Crippen molar-refractivity contribution < 1.29 is 14.3 Å². The van der Waals surface area contributed by atoms with Gasteiger partial charge in [-0.3, -0.25) is 9.78 Å². The van der Waals surface area contributed by atoms with Crippen LogP contribution in [0.3, 0.4) is 0 Å². The molecular formula is C23H28BrN3O3. The molecule has 30 heavy (non-hydrogen) atoms. The molecule has 2 bridgehead atoms. The van der Waals surface area contributed by atoms with Gasteiger partial charge in [-0.2, -0.15) is 0 Å². The number of pyridine rings is 1. The fraction of sp³-hybridized carbons (Fsp3) is 0.435. The van der Waals surface area contributed by atoms with Gasteiger partial charge in [-0.1, -0.05) is 35.3 Å². The summed E-state index contributed by atoms with van der Waals surface area (Å²) in [6.07, 6.45) is 3.41. The van der Waals surface area contributed by atoms with Crippen LogP contribution in [0, 0.1) is 5.92 Å². The van der Waals surface area contributed by atoms with Gasteiger partial charge in [0, 0.05) is 27.8 Å². The number of carbonyl (C=O) groups excluding carboxylic acids is 2. The van der Waals surface area contributed by atoms with Crippen LogP contribution in [-0.2, 0) is 9.53 Å². The van der Waals surface area contributed by atoms with Crippen molar-refractivity contribution in [2.24, 2.45) is 5.92 Å². The number of rotatable bonds is 1. The Morgan fingerprint density at radius 3 is 2.73 bits per heavy atom. The zero-order valence-electron chi connectivity index (χ0n) is 17.8. The zero-order valence-corrected chi connectivity index (χ0v) is 19.4. The molecule has 2 aromatic rings. The summed E-state index contributed by atoms with van der Waals surface area (Å²) >= 11 is 3.49. The van der Waals surface area contributed by atoms with Gasteiger partial charge in [-0.15, -0.1) is 0 Å². The highest BCUT2D eigenvalue weighted by Gasteiger charge is 2.24. The Hall–Kier alpha value is -2.41. The summed E-state index contributed by atoms with van der Waals surface area (Å²) in [5.41, 5.74) is 2.76. The number of carbonyl (C=O) groups is 2. The second-order valence-electron chi connectivity index (χ2n) is 8.68. The number of hydrogen-bond donors (Lipinski definition) is 2. The average Bonchev–Trinajstić information content (AvgIpc) is 2.65. The number of fused-ring (bicyclic) bond motifs is 4. The lowest BCUT2D eigenvalue weighted by atomic mass is 9.95. The first kappa shape index (κ1) is 22.3. The van der Waals surface area contributed by atoms with Crippen LogP contribution in [0.2, 0.25) is 0 Å². The third-order valence-corrected chi connectivity index (χ3v) is 5.45. The molecule has 0 fully saturated rings. The second-order valence-corrected chi connectivity index (χ2v) is 9.59. The molecule has 2 heterocycles. The van der Waals surface area contributed by atoms with E-state index in [1.54, 1.807) is 6.20 Å². The Kier molecular flexibility index (Phi) is 6.81. The van der Waals surface area contributed by atoms with Crippen LogP contribution in [0.15, 0.2) is 41.0 Å². The molecule has 2 amide bonds. The molecule has 6 nitrogen and oxygen atoms in total. The number of benzene rings is 1. The van der Waals surface area contributed by atoms with Crippen molar-refractivity contribution in [3.8, 4) is 11.1 Å². The molecule has 0 radical (unpaired) electrons. The first-order valence-electron chi connectivity index (χ1n) is 10.2. The van der Waals surface area contributed by atoms with Crippen molar-refractivity contribution in [3.63, 3.8) is 0 Å². The van der Waals surface area contributed by atoms with Gasteiger partial charge >= 0.3 is 6.09 Å². The van der Waals surface area contributed by atoms with E-state index in [-0.39, 0.29) is 17.9 Å². The lowest BCUT2D eigenvalue weighted by Gasteiger charge is -2.25. The van der Waals surface area contributed by atoms with Crippen LogP contribution in [-0.4, -0.2) is 22.6 Å². The number of hydrogen-bond acceptors (Lipinski definition) is 4. The standard InChI is InChI=1S/C23H28BrN3O3/c1-14-6-5-7-18(27-22(29)30-23(2,3)4)20-12-15(10-11-25-20)17-9-8-16(24)13-19(17)26-21(14)28/h8-14,18H,5-7H2,1-4H3,(H,26,28)(H,27,29)/t14-,18+/m1/s1. The fourth-order valence-corrected chi connectivity index (χ4v) is 3.80. The van der Waals surface area contributed by atoms with E-state index in [0.717, 1.165) is 33.4 Å². The molecule has 2 N–H and O–H groups in total. The number of halogens is 1. The minimum Gasteiger partial charge on any atom is -0.444 e. The largest absolute Gasteiger partial charge is 0.444 e. The van der Waals surface area contributed by atoms with Crippen LogP contribution < -0.4 is 10.6 Å². The van der Waals surface area contributed by atoms with Crippen molar-refractivity contribution in [2.75, 3.05) is 5.32 Å². The van der Waals surface area contributed by atoms with Crippen LogP contribution in [0.25, 0.3) is 11.1 Å². The topological polar surface area (TPSA) is 80.3 Å². The Balaban J connectivity index is 2.00. The summed E-state index contributed by atoms with van der Waals surface area (Å²) < 4.78 is 6.33. The number of nitrogens with zero attached hydrogens (tertiary/aromatic N) is 1. The number of anilines is 1. The lowest BCUT2D eigenvalue weighted by Crippen LogP contribution is -2.35. The van der Waals surface area contributed by atoms with Crippen LogP contribution >= 0.6 is 15.9 Å². The van der Waals surface area contributed by atoms with Crippen LogP contribution in [0.5, 0.6) is 0 Å². The summed E-state index contributed by atoms with van der Waals surface area (Å²) in [5.74, 6) is -0.161. The minimum atomic E-state index is -0.580. The number of ether oxygens (including phenoxy) is 1. The van der Waals surface area contributed by atoms with Gasteiger partial charge in [0.15, 0.2) is 0 Å². The smallest absolute Gasteiger partial charge is 0.408 e. The molecule has 7 heteroatoms. The molecule has 1 aliphatic rings. The number of aromatic nitrogens is 1. The Morgan fingerprint density at radius 1 is 1.23 bits per heavy atom. The first-order valence-corrected chi connectivity index (χ1v) is 11.0. The van der Waals surface area contributed by atoms with Gasteiger partial charge < -0.3 is 15.4 Å². The molecule has 1 aromatic carbocycles. The Bertz CT molecular complexity index is 940. The normalized spacial score (nSPS) is 19.6. The Labute approximate surface area is 185 Å². The molecule has 160 valence electrons. The van der Waals surface area contributed by atoms with Gasteiger partial charge in [-0.25, -0.2) is 4.79 Å². The highest BCUT2D eigenvalue weighted by molar-refractivity contribution is 9.10. The van der Waals surface area contributed by atoms with E-state index >= 15 is 0 Å². The third-order valence-electron chi connectivity index (χ3n) is 4.96.